The van der Waals surface area contributed by atoms with Crippen molar-refractivity contribution in [2.45, 2.75) is 10.9 Å². The molecule has 1 N–H and O–H groups in total. The zero-order chi connectivity index (χ0) is 19.4. The van der Waals surface area contributed by atoms with Crippen LogP contribution in [0.2, 0.25) is 10.0 Å². The summed E-state index contributed by atoms with van der Waals surface area (Å²) in [5.74, 6) is -0.667. The van der Waals surface area contributed by atoms with Crippen LogP contribution in [-0.4, -0.2) is 46.2 Å². The average molecular weight is 433 g/mol. The number of rotatable bonds is 6. The number of ether oxygens (including phenoxy) is 1. The Bertz CT molecular complexity index is 905. The predicted octanol–water partition coefficient (Wildman–Crippen LogP) is 3.48. The van der Waals surface area contributed by atoms with Gasteiger partial charge in [-0.1, -0.05) is 35.3 Å². The predicted molar refractivity (Wildman–Crippen MR) is 103 cm³/mol. The molecule has 1 fully saturated rings. The van der Waals surface area contributed by atoms with Gasteiger partial charge >= 0.3 is 0 Å². The van der Waals surface area contributed by atoms with Gasteiger partial charge in [-0.3, -0.25) is 4.90 Å². The average Bonchev–Trinajstić information content (AvgIpc) is 2.65. The first-order chi connectivity index (χ1) is 12.9. The van der Waals surface area contributed by atoms with Crippen molar-refractivity contribution in [3.05, 3.63) is 63.9 Å². The van der Waals surface area contributed by atoms with E-state index >= 15 is 0 Å². The molecule has 5 nitrogen and oxygen atoms in total. The van der Waals surface area contributed by atoms with E-state index in [4.69, 9.17) is 27.9 Å². The van der Waals surface area contributed by atoms with E-state index in [9.17, 15) is 12.8 Å². The van der Waals surface area contributed by atoms with Crippen LogP contribution in [0.25, 0.3) is 0 Å². The molecule has 0 spiro atoms. The lowest BCUT2D eigenvalue weighted by Gasteiger charge is -2.35. The smallest absolute Gasteiger partial charge is 0.242 e. The zero-order valence-electron chi connectivity index (χ0n) is 14.4. The molecule has 0 bridgehead atoms. The SMILES string of the molecule is O=S(=O)(NCC(c1cccc(Cl)c1)N1CCOCC1)c1cc(F)ccc1Cl. The number of nitrogens with zero attached hydrogens (tertiary/aromatic N) is 1. The Morgan fingerprint density at radius 1 is 1.15 bits per heavy atom. The van der Waals surface area contributed by atoms with Gasteiger partial charge < -0.3 is 4.74 Å². The maximum Gasteiger partial charge on any atom is 0.242 e. The van der Waals surface area contributed by atoms with Gasteiger partial charge in [0, 0.05) is 30.7 Å². The van der Waals surface area contributed by atoms with Crippen molar-refractivity contribution < 1.29 is 17.5 Å². The van der Waals surface area contributed by atoms with Gasteiger partial charge in [-0.25, -0.2) is 17.5 Å². The van der Waals surface area contributed by atoms with Crippen LogP contribution in [0.5, 0.6) is 0 Å². The fourth-order valence-electron chi connectivity index (χ4n) is 3.01. The Morgan fingerprint density at radius 2 is 1.89 bits per heavy atom. The molecule has 0 aliphatic carbocycles. The molecule has 146 valence electrons. The molecule has 0 saturated carbocycles. The minimum atomic E-state index is -3.98. The molecule has 1 atom stereocenters. The molecular formula is C18H19Cl2FN2O3S. The second-order valence-corrected chi connectivity index (χ2v) is 8.72. The molecule has 0 aromatic heterocycles. The highest BCUT2D eigenvalue weighted by molar-refractivity contribution is 7.89. The standard InChI is InChI=1S/C18H19Cl2FN2O3S/c19-14-3-1-2-13(10-14)17(23-6-8-26-9-7-23)12-22-27(24,25)18-11-15(21)4-5-16(18)20/h1-5,10-11,17,22H,6-9,12H2. The quantitative estimate of drug-likeness (QED) is 0.758. The maximum absolute atomic E-state index is 13.5. The lowest BCUT2D eigenvalue weighted by atomic mass is 10.1. The van der Waals surface area contributed by atoms with Crippen LogP contribution in [0.4, 0.5) is 4.39 Å². The van der Waals surface area contributed by atoms with Gasteiger partial charge in [-0.05, 0) is 35.9 Å². The largest absolute Gasteiger partial charge is 0.379 e. The van der Waals surface area contributed by atoms with E-state index in [0.717, 1.165) is 17.7 Å². The summed E-state index contributed by atoms with van der Waals surface area (Å²) in [6, 6.07) is 10.3. The normalized spacial score (nSPS) is 17.0. The molecule has 27 heavy (non-hydrogen) atoms. The summed E-state index contributed by atoms with van der Waals surface area (Å²) in [6.07, 6.45) is 0. The fraction of sp³-hybridized carbons (Fsp3) is 0.333. The van der Waals surface area contributed by atoms with Crippen LogP contribution in [0, 0.1) is 5.82 Å². The minimum Gasteiger partial charge on any atom is -0.379 e. The van der Waals surface area contributed by atoms with Crippen LogP contribution < -0.4 is 4.72 Å². The first-order valence-electron chi connectivity index (χ1n) is 8.39. The highest BCUT2D eigenvalue weighted by Gasteiger charge is 2.26. The Kier molecular flexibility index (Phi) is 6.73. The van der Waals surface area contributed by atoms with Crippen LogP contribution in [0.1, 0.15) is 11.6 Å². The number of morpholine rings is 1. The van der Waals surface area contributed by atoms with E-state index in [2.05, 4.69) is 9.62 Å². The third kappa shape index (κ3) is 5.19. The van der Waals surface area contributed by atoms with Crippen LogP contribution >= 0.6 is 23.2 Å². The van der Waals surface area contributed by atoms with Gasteiger partial charge in [0.2, 0.25) is 10.0 Å². The molecule has 1 saturated heterocycles. The van der Waals surface area contributed by atoms with Gasteiger partial charge in [-0.15, -0.1) is 0 Å². The zero-order valence-corrected chi connectivity index (χ0v) is 16.7. The number of nitrogens with one attached hydrogen (secondary N) is 1. The first kappa shape index (κ1) is 20.5. The third-order valence-corrected chi connectivity index (χ3v) is 6.51. The highest BCUT2D eigenvalue weighted by Crippen LogP contribution is 2.26. The van der Waals surface area contributed by atoms with Gasteiger partial charge in [0.15, 0.2) is 0 Å². The Morgan fingerprint density at radius 3 is 2.59 bits per heavy atom. The molecule has 3 rings (SSSR count). The van der Waals surface area contributed by atoms with Crippen molar-refractivity contribution in [2.75, 3.05) is 32.8 Å². The summed E-state index contributed by atoms with van der Waals surface area (Å²) < 4.78 is 46.7. The highest BCUT2D eigenvalue weighted by atomic mass is 35.5. The van der Waals surface area contributed by atoms with Crippen LogP contribution in [-0.2, 0) is 14.8 Å². The molecular weight excluding hydrogens is 414 g/mol. The third-order valence-electron chi connectivity index (χ3n) is 4.37. The first-order valence-corrected chi connectivity index (χ1v) is 10.6. The molecule has 2 aromatic carbocycles. The second-order valence-electron chi connectivity index (χ2n) is 6.15. The Labute approximate surface area is 168 Å². The van der Waals surface area contributed by atoms with Gasteiger partial charge in [0.05, 0.1) is 18.2 Å². The van der Waals surface area contributed by atoms with Crippen molar-refractivity contribution in [3.63, 3.8) is 0 Å². The molecule has 2 aromatic rings. The molecule has 1 aliphatic rings. The van der Waals surface area contributed by atoms with Crippen LogP contribution in [0.3, 0.4) is 0 Å². The van der Waals surface area contributed by atoms with Gasteiger partial charge in [0.25, 0.3) is 0 Å². The maximum atomic E-state index is 13.5. The number of hydrogen-bond acceptors (Lipinski definition) is 4. The molecule has 1 aliphatic heterocycles. The number of sulfonamides is 1. The van der Waals surface area contributed by atoms with E-state index in [1.54, 1.807) is 6.07 Å². The van der Waals surface area contributed by atoms with E-state index in [1.165, 1.54) is 6.07 Å². The van der Waals surface area contributed by atoms with Crippen molar-refractivity contribution in [1.82, 2.24) is 9.62 Å². The topological polar surface area (TPSA) is 58.6 Å². The molecule has 9 heteroatoms. The summed E-state index contributed by atoms with van der Waals surface area (Å²) >= 11 is 12.1. The molecule has 0 radical (unpaired) electrons. The van der Waals surface area contributed by atoms with E-state index in [0.29, 0.717) is 31.3 Å². The van der Waals surface area contributed by atoms with E-state index in [-0.39, 0.29) is 22.5 Å². The van der Waals surface area contributed by atoms with Crippen molar-refractivity contribution in [2.24, 2.45) is 0 Å². The minimum absolute atomic E-state index is 0.0328. The van der Waals surface area contributed by atoms with Crippen molar-refractivity contribution in [3.8, 4) is 0 Å². The summed E-state index contributed by atoms with van der Waals surface area (Å²) in [5, 5.41) is 0.538. The number of hydrogen-bond donors (Lipinski definition) is 1. The lowest BCUT2D eigenvalue weighted by Crippen LogP contribution is -2.43. The van der Waals surface area contributed by atoms with Crippen molar-refractivity contribution in [1.29, 1.82) is 0 Å². The summed E-state index contributed by atoms with van der Waals surface area (Å²) in [7, 11) is -3.98. The summed E-state index contributed by atoms with van der Waals surface area (Å²) in [4.78, 5) is 1.85. The Balaban J connectivity index is 1.84. The molecule has 0 amide bonds. The van der Waals surface area contributed by atoms with E-state index in [1.807, 2.05) is 18.2 Å². The monoisotopic (exact) mass is 432 g/mol. The summed E-state index contributed by atoms with van der Waals surface area (Å²) in [6.45, 7) is 2.56. The summed E-state index contributed by atoms with van der Waals surface area (Å²) in [5.41, 5.74) is 0.887. The Hall–Kier alpha value is -1.22. The van der Waals surface area contributed by atoms with Crippen molar-refractivity contribution >= 4 is 33.2 Å². The van der Waals surface area contributed by atoms with Gasteiger partial charge in [-0.2, -0.15) is 0 Å². The number of halogens is 3. The second kappa shape index (κ2) is 8.86. The lowest BCUT2D eigenvalue weighted by molar-refractivity contribution is 0.0172. The number of benzene rings is 2. The molecule has 1 unspecified atom stereocenters. The van der Waals surface area contributed by atoms with Gasteiger partial charge in [0.1, 0.15) is 10.7 Å². The fourth-order valence-corrected chi connectivity index (χ4v) is 4.76. The van der Waals surface area contributed by atoms with Crippen LogP contribution in [0.15, 0.2) is 47.4 Å². The van der Waals surface area contributed by atoms with E-state index < -0.39 is 15.8 Å². The molecule has 1 heterocycles.